The summed E-state index contributed by atoms with van der Waals surface area (Å²) in [5.41, 5.74) is 10.5. The van der Waals surface area contributed by atoms with Gasteiger partial charge in [0.05, 0.1) is 5.69 Å². The summed E-state index contributed by atoms with van der Waals surface area (Å²) >= 11 is 0. The highest BCUT2D eigenvalue weighted by molar-refractivity contribution is 6.04. The van der Waals surface area contributed by atoms with E-state index in [0.29, 0.717) is 5.69 Å². The van der Waals surface area contributed by atoms with Crippen molar-refractivity contribution in [1.82, 2.24) is 9.97 Å². The van der Waals surface area contributed by atoms with Gasteiger partial charge in [0.25, 0.3) is 0 Å². The molecule has 0 aliphatic carbocycles. The van der Waals surface area contributed by atoms with Gasteiger partial charge in [-0.1, -0.05) is 24.3 Å². The van der Waals surface area contributed by atoms with Crippen molar-refractivity contribution in [3.8, 4) is 22.6 Å². The van der Waals surface area contributed by atoms with Crippen LogP contribution in [0.2, 0.25) is 0 Å². The molecule has 0 radical (unpaired) electrons. The van der Waals surface area contributed by atoms with E-state index in [1.165, 1.54) is 0 Å². The molecule has 4 nitrogen and oxygen atoms in total. The van der Waals surface area contributed by atoms with E-state index in [4.69, 9.17) is 15.1 Å². The summed E-state index contributed by atoms with van der Waals surface area (Å²) in [5.74, 6) is 0.788. The van der Waals surface area contributed by atoms with Gasteiger partial charge in [0.1, 0.15) is 11.3 Å². The first-order chi connectivity index (χ1) is 12.8. The quantitative estimate of drug-likeness (QED) is 0.444. The molecule has 0 unspecified atom stereocenters. The Morgan fingerprint density at radius 2 is 1.69 bits per heavy atom. The standard InChI is InChI=1S/C22H15N3O/c23-16-5-6-17-18(12-16)19(13-25-22(17)14-7-9-24-10-8-14)21-11-15-3-1-2-4-20(15)26-21/h1-13H,23H2. The van der Waals surface area contributed by atoms with E-state index in [1.54, 1.807) is 12.4 Å². The zero-order valence-corrected chi connectivity index (χ0v) is 13.9. The van der Waals surface area contributed by atoms with Crippen molar-refractivity contribution in [2.24, 2.45) is 0 Å². The molecule has 2 N–H and O–H groups in total. The van der Waals surface area contributed by atoms with Crippen molar-refractivity contribution in [2.75, 3.05) is 5.73 Å². The highest BCUT2D eigenvalue weighted by Gasteiger charge is 2.14. The Kier molecular flexibility index (Phi) is 3.22. The van der Waals surface area contributed by atoms with Gasteiger partial charge in [0, 0.05) is 46.2 Å². The topological polar surface area (TPSA) is 64.9 Å². The van der Waals surface area contributed by atoms with Gasteiger partial charge in [-0.05, 0) is 41.8 Å². The lowest BCUT2D eigenvalue weighted by molar-refractivity contribution is 0.632. The van der Waals surface area contributed by atoms with Crippen molar-refractivity contribution < 1.29 is 4.42 Å². The summed E-state index contributed by atoms with van der Waals surface area (Å²) < 4.78 is 6.06. The first-order valence-electron chi connectivity index (χ1n) is 8.37. The zero-order valence-electron chi connectivity index (χ0n) is 13.9. The van der Waals surface area contributed by atoms with Crippen LogP contribution >= 0.6 is 0 Å². The number of para-hydroxylation sites is 1. The van der Waals surface area contributed by atoms with Crippen molar-refractivity contribution in [3.05, 3.63) is 79.3 Å². The van der Waals surface area contributed by atoms with Gasteiger partial charge in [-0.25, -0.2) is 0 Å². The van der Waals surface area contributed by atoms with E-state index < -0.39 is 0 Å². The van der Waals surface area contributed by atoms with E-state index in [0.717, 1.165) is 44.3 Å². The fourth-order valence-electron chi connectivity index (χ4n) is 3.31. The van der Waals surface area contributed by atoms with Crippen molar-refractivity contribution >= 4 is 27.4 Å². The highest BCUT2D eigenvalue weighted by Crippen LogP contribution is 2.36. The summed E-state index contributed by atoms with van der Waals surface area (Å²) in [5, 5.41) is 3.12. The van der Waals surface area contributed by atoms with Gasteiger partial charge in [0.2, 0.25) is 0 Å². The molecule has 0 bridgehead atoms. The van der Waals surface area contributed by atoms with Crippen LogP contribution in [-0.4, -0.2) is 9.97 Å². The number of benzene rings is 2. The lowest BCUT2D eigenvalue weighted by atomic mass is 9.99. The molecule has 5 rings (SSSR count). The Hall–Kier alpha value is -3.66. The third kappa shape index (κ3) is 2.31. The maximum absolute atomic E-state index is 6.07. The third-order valence-electron chi connectivity index (χ3n) is 4.56. The summed E-state index contributed by atoms with van der Waals surface area (Å²) in [6.07, 6.45) is 5.40. The molecule has 124 valence electrons. The second kappa shape index (κ2) is 5.70. The van der Waals surface area contributed by atoms with Gasteiger partial charge in [-0.2, -0.15) is 0 Å². The molecule has 4 heteroatoms. The number of nitrogens with two attached hydrogens (primary N) is 1. The summed E-state index contributed by atoms with van der Waals surface area (Å²) in [4.78, 5) is 8.82. The van der Waals surface area contributed by atoms with E-state index in [1.807, 2.05) is 66.9 Å². The van der Waals surface area contributed by atoms with Crippen LogP contribution in [-0.2, 0) is 0 Å². The van der Waals surface area contributed by atoms with Gasteiger partial charge in [-0.15, -0.1) is 0 Å². The van der Waals surface area contributed by atoms with Crippen LogP contribution in [0, 0.1) is 0 Å². The molecule has 0 atom stereocenters. The molecule has 0 fully saturated rings. The average molecular weight is 337 g/mol. The molecular formula is C22H15N3O. The van der Waals surface area contributed by atoms with Crippen LogP contribution in [0.25, 0.3) is 44.3 Å². The Morgan fingerprint density at radius 1 is 0.846 bits per heavy atom. The maximum Gasteiger partial charge on any atom is 0.137 e. The summed E-state index contributed by atoms with van der Waals surface area (Å²) in [6, 6.07) is 19.8. The fraction of sp³-hybridized carbons (Fsp3) is 0. The van der Waals surface area contributed by atoms with Gasteiger partial charge in [-0.3, -0.25) is 9.97 Å². The molecular weight excluding hydrogens is 322 g/mol. The second-order valence-electron chi connectivity index (χ2n) is 6.21. The van der Waals surface area contributed by atoms with Gasteiger partial charge < -0.3 is 10.2 Å². The Bertz CT molecular complexity index is 1210. The average Bonchev–Trinajstić information content (AvgIpc) is 3.11. The number of hydrogen-bond donors (Lipinski definition) is 1. The minimum atomic E-state index is 0.710. The van der Waals surface area contributed by atoms with Crippen molar-refractivity contribution in [3.63, 3.8) is 0 Å². The third-order valence-corrected chi connectivity index (χ3v) is 4.56. The molecule has 0 saturated carbocycles. The normalized spacial score (nSPS) is 11.2. The van der Waals surface area contributed by atoms with Crippen molar-refractivity contribution in [2.45, 2.75) is 0 Å². The lowest BCUT2D eigenvalue weighted by Gasteiger charge is -2.10. The number of fused-ring (bicyclic) bond motifs is 2. The van der Waals surface area contributed by atoms with Gasteiger partial charge in [0.15, 0.2) is 0 Å². The van der Waals surface area contributed by atoms with E-state index in [9.17, 15) is 0 Å². The van der Waals surface area contributed by atoms with E-state index in [2.05, 4.69) is 4.98 Å². The molecule has 26 heavy (non-hydrogen) atoms. The molecule has 0 saturated heterocycles. The number of nitrogens with zero attached hydrogens (tertiary/aromatic N) is 2. The molecule has 5 aromatic rings. The number of pyridine rings is 2. The van der Waals surface area contributed by atoms with Crippen LogP contribution in [0.3, 0.4) is 0 Å². The molecule has 0 spiro atoms. The molecule has 3 aromatic heterocycles. The lowest BCUT2D eigenvalue weighted by Crippen LogP contribution is -1.92. The number of furan rings is 1. The molecule has 2 aromatic carbocycles. The Morgan fingerprint density at radius 3 is 2.54 bits per heavy atom. The Labute approximate surface area is 149 Å². The maximum atomic E-state index is 6.07. The molecule has 0 aliphatic heterocycles. The second-order valence-corrected chi connectivity index (χ2v) is 6.21. The predicted molar refractivity (Wildman–Crippen MR) is 105 cm³/mol. The number of aromatic nitrogens is 2. The van der Waals surface area contributed by atoms with Crippen LogP contribution < -0.4 is 5.73 Å². The number of rotatable bonds is 2. The van der Waals surface area contributed by atoms with E-state index >= 15 is 0 Å². The fourth-order valence-corrected chi connectivity index (χ4v) is 3.31. The molecule has 3 heterocycles. The summed E-state index contributed by atoms with van der Waals surface area (Å²) in [7, 11) is 0. The first kappa shape index (κ1) is 14.7. The number of anilines is 1. The van der Waals surface area contributed by atoms with Crippen LogP contribution in [0.5, 0.6) is 0 Å². The minimum Gasteiger partial charge on any atom is -0.456 e. The van der Waals surface area contributed by atoms with E-state index in [-0.39, 0.29) is 0 Å². The highest BCUT2D eigenvalue weighted by atomic mass is 16.3. The SMILES string of the molecule is Nc1ccc2c(-c3ccncc3)ncc(-c3cc4ccccc4o3)c2c1. The van der Waals surface area contributed by atoms with Crippen LogP contribution in [0.1, 0.15) is 0 Å². The van der Waals surface area contributed by atoms with Crippen LogP contribution in [0.15, 0.2) is 83.7 Å². The molecule has 0 aliphatic rings. The minimum absolute atomic E-state index is 0.710. The largest absolute Gasteiger partial charge is 0.456 e. The van der Waals surface area contributed by atoms with Crippen LogP contribution in [0.4, 0.5) is 5.69 Å². The van der Waals surface area contributed by atoms with Crippen molar-refractivity contribution in [1.29, 1.82) is 0 Å². The number of hydrogen-bond acceptors (Lipinski definition) is 4. The monoisotopic (exact) mass is 337 g/mol. The zero-order chi connectivity index (χ0) is 17.5. The Balaban J connectivity index is 1.80. The number of nitrogen functional groups attached to an aromatic ring is 1. The predicted octanol–water partition coefficient (Wildman–Crippen LogP) is 5.29. The first-order valence-corrected chi connectivity index (χ1v) is 8.37. The van der Waals surface area contributed by atoms with Gasteiger partial charge >= 0.3 is 0 Å². The summed E-state index contributed by atoms with van der Waals surface area (Å²) in [6.45, 7) is 0. The smallest absolute Gasteiger partial charge is 0.137 e. The molecule has 0 amide bonds.